The fraction of sp³-hybridized carbons (Fsp3) is 0.692. The zero-order chi connectivity index (χ0) is 15.9. The van der Waals surface area contributed by atoms with E-state index >= 15 is 0 Å². The molecule has 3 N–H and O–H groups in total. The lowest BCUT2D eigenvalue weighted by molar-refractivity contribution is -0.137. The van der Waals surface area contributed by atoms with E-state index in [1.54, 1.807) is 17.1 Å². The molecule has 0 spiro atoms. The van der Waals surface area contributed by atoms with E-state index < -0.39 is 12.0 Å². The van der Waals surface area contributed by atoms with Gasteiger partial charge in [-0.15, -0.1) is 5.10 Å². The van der Waals surface area contributed by atoms with Crippen LogP contribution in [0, 0.1) is 5.41 Å². The maximum absolute atomic E-state index is 11.8. The van der Waals surface area contributed by atoms with E-state index in [-0.39, 0.29) is 17.9 Å². The Labute approximate surface area is 123 Å². The lowest BCUT2D eigenvalue weighted by atomic mass is 9.87. The van der Waals surface area contributed by atoms with Crippen molar-refractivity contribution in [1.82, 2.24) is 25.6 Å². The quantitative estimate of drug-likeness (QED) is 0.691. The van der Waals surface area contributed by atoms with Crippen LogP contribution in [0.3, 0.4) is 0 Å². The van der Waals surface area contributed by atoms with Crippen molar-refractivity contribution in [1.29, 1.82) is 0 Å². The van der Waals surface area contributed by atoms with Gasteiger partial charge in [-0.3, -0.25) is 9.48 Å². The number of carbonyl (C=O) groups excluding carboxylic acids is 1. The lowest BCUT2D eigenvalue weighted by Gasteiger charge is -2.25. The Bertz CT molecular complexity index is 453. The van der Waals surface area contributed by atoms with Crippen molar-refractivity contribution in [3.8, 4) is 0 Å². The Morgan fingerprint density at radius 2 is 2.10 bits per heavy atom. The number of carboxylic acid groups (broad SMARTS) is 1. The molecule has 1 atom stereocenters. The standard InChI is InChI=1S/C13H23N5O3/c1-13(2,3)9-10(8-11(19)20)16-12(21)14-4-6-18-7-5-15-17-18/h5,7,10H,4,6,8-9H2,1-3H3,(H,19,20)(H2,14,16,21). The van der Waals surface area contributed by atoms with Gasteiger partial charge in [0, 0.05) is 18.8 Å². The van der Waals surface area contributed by atoms with Crippen LogP contribution >= 0.6 is 0 Å². The number of carbonyl (C=O) groups is 2. The normalized spacial score (nSPS) is 12.7. The fourth-order valence-electron chi connectivity index (χ4n) is 2.00. The maximum atomic E-state index is 11.8. The molecule has 0 saturated heterocycles. The molecule has 8 nitrogen and oxygen atoms in total. The Balaban J connectivity index is 2.38. The average molecular weight is 297 g/mol. The van der Waals surface area contributed by atoms with E-state index in [1.807, 2.05) is 20.8 Å². The van der Waals surface area contributed by atoms with Crippen molar-refractivity contribution < 1.29 is 14.7 Å². The molecule has 0 aliphatic rings. The molecule has 1 rings (SSSR count). The number of carboxylic acids is 1. The molecule has 1 heterocycles. The monoisotopic (exact) mass is 297 g/mol. The summed E-state index contributed by atoms with van der Waals surface area (Å²) < 4.78 is 1.60. The molecule has 1 aromatic rings. The molecule has 118 valence electrons. The van der Waals surface area contributed by atoms with Crippen LogP contribution < -0.4 is 10.6 Å². The topological polar surface area (TPSA) is 109 Å². The van der Waals surface area contributed by atoms with Gasteiger partial charge in [0.05, 0.1) is 19.2 Å². The zero-order valence-electron chi connectivity index (χ0n) is 12.7. The summed E-state index contributed by atoms with van der Waals surface area (Å²) in [5.41, 5.74) is -0.0614. The Hall–Kier alpha value is -2.12. The van der Waals surface area contributed by atoms with Crippen LogP contribution in [0.15, 0.2) is 12.4 Å². The summed E-state index contributed by atoms with van der Waals surface area (Å²) in [6.07, 6.45) is 3.77. The van der Waals surface area contributed by atoms with Crippen LogP contribution in [-0.4, -0.2) is 44.7 Å². The third-order valence-corrected chi connectivity index (χ3v) is 2.71. The van der Waals surface area contributed by atoms with E-state index in [4.69, 9.17) is 5.11 Å². The summed E-state index contributed by atoms with van der Waals surface area (Å²) in [7, 11) is 0. The van der Waals surface area contributed by atoms with Gasteiger partial charge in [-0.1, -0.05) is 26.0 Å². The van der Waals surface area contributed by atoms with Gasteiger partial charge < -0.3 is 15.7 Å². The number of aliphatic carboxylic acids is 1. The highest BCUT2D eigenvalue weighted by Gasteiger charge is 2.22. The molecular weight excluding hydrogens is 274 g/mol. The summed E-state index contributed by atoms with van der Waals surface area (Å²) in [4.78, 5) is 22.6. The summed E-state index contributed by atoms with van der Waals surface area (Å²) in [6.45, 7) is 6.92. The van der Waals surface area contributed by atoms with Gasteiger partial charge in [0.2, 0.25) is 0 Å². The van der Waals surface area contributed by atoms with Crippen LogP contribution in [0.2, 0.25) is 0 Å². The second-order valence-corrected chi connectivity index (χ2v) is 6.13. The second-order valence-electron chi connectivity index (χ2n) is 6.13. The third-order valence-electron chi connectivity index (χ3n) is 2.71. The number of hydrogen-bond acceptors (Lipinski definition) is 4. The lowest BCUT2D eigenvalue weighted by Crippen LogP contribution is -2.45. The number of amides is 2. The average Bonchev–Trinajstić information content (AvgIpc) is 2.78. The summed E-state index contributed by atoms with van der Waals surface area (Å²) in [5.74, 6) is -0.924. The van der Waals surface area contributed by atoms with E-state index in [0.29, 0.717) is 19.5 Å². The van der Waals surface area contributed by atoms with Gasteiger partial charge in [-0.25, -0.2) is 4.79 Å². The fourth-order valence-corrected chi connectivity index (χ4v) is 2.00. The van der Waals surface area contributed by atoms with Gasteiger partial charge in [0.1, 0.15) is 0 Å². The van der Waals surface area contributed by atoms with Crippen LogP contribution in [0.25, 0.3) is 0 Å². The van der Waals surface area contributed by atoms with E-state index in [9.17, 15) is 9.59 Å². The highest BCUT2D eigenvalue weighted by atomic mass is 16.4. The summed E-state index contributed by atoms with van der Waals surface area (Å²) >= 11 is 0. The van der Waals surface area contributed by atoms with Gasteiger partial charge in [0.25, 0.3) is 0 Å². The first kappa shape index (κ1) is 16.9. The molecule has 0 aliphatic heterocycles. The van der Waals surface area contributed by atoms with Gasteiger partial charge in [0.15, 0.2) is 0 Å². The molecular formula is C13H23N5O3. The Morgan fingerprint density at radius 3 is 2.62 bits per heavy atom. The highest BCUT2D eigenvalue weighted by Crippen LogP contribution is 2.22. The van der Waals surface area contributed by atoms with Gasteiger partial charge in [-0.2, -0.15) is 0 Å². The first-order chi connectivity index (χ1) is 9.76. The predicted octanol–water partition coefficient (Wildman–Crippen LogP) is 0.857. The number of aromatic nitrogens is 3. The number of hydrogen-bond donors (Lipinski definition) is 3. The zero-order valence-corrected chi connectivity index (χ0v) is 12.7. The van der Waals surface area contributed by atoms with Crippen LogP contribution in [-0.2, 0) is 11.3 Å². The smallest absolute Gasteiger partial charge is 0.315 e. The minimum Gasteiger partial charge on any atom is -0.481 e. The number of nitrogens with zero attached hydrogens (tertiary/aromatic N) is 3. The molecule has 2 amide bonds. The summed E-state index contributed by atoms with van der Waals surface area (Å²) in [6, 6.07) is -0.764. The first-order valence-corrected chi connectivity index (χ1v) is 6.86. The first-order valence-electron chi connectivity index (χ1n) is 6.86. The molecule has 0 fully saturated rings. The van der Waals surface area contributed by atoms with E-state index in [0.717, 1.165) is 0 Å². The molecule has 0 bridgehead atoms. The number of rotatable bonds is 7. The van der Waals surface area contributed by atoms with Gasteiger partial charge >= 0.3 is 12.0 Å². The van der Waals surface area contributed by atoms with Crippen molar-refractivity contribution >= 4 is 12.0 Å². The predicted molar refractivity (Wildman–Crippen MR) is 76.7 cm³/mol. The van der Waals surface area contributed by atoms with Crippen molar-refractivity contribution in [2.24, 2.45) is 5.41 Å². The van der Waals surface area contributed by atoms with E-state index in [1.165, 1.54) is 0 Å². The number of urea groups is 1. The van der Waals surface area contributed by atoms with Crippen LogP contribution in [0.1, 0.15) is 33.6 Å². The summed E-state index contributed by atoms with van der Waals surface area (Å²) in [5, 5.41) is 21.7. The Kier molecular flexibility index (Phi) is 6.13. The third kappa shape index (κ3) is 7.91. The Morgan fingerprint density at radius 1 is 1.38 bits per heavy atom. The molecule has 0 aromatic carbocycles. The van der Waals surface area contributed by atoms with Crippen LogP contribution in [0.4, 0.5) is 4.79 Å². The largest absolute Gasteiger partial charge is 0.481 e. The highest BCUT2D eigenvalue weighted by molar-refractivity contribution is 5.75. The molecule has 0 aliphatic carbocycles. The minimum absolute atomic E-state index is 0.0614. The van der Waals surface area contributed by atoms with Crippen molar-refractivity contribution in [3.63, 3.8) is 0 Å². The second kappa shape index (κ2) is 7.61. The molecule has 0 saturated carbocycles. The molecule has 0 radical (unpaired) electrons. The molecule has 21 heavy (non-hydrogen) atoms. The SMILES string of the molecule is CC(C)(C)CC(CC(=O)O)NC(=O)NCCn1ccnn1. The van der Waals surface area contributed by atoms with Crippen molar-refractivity contribution in [3.05, 3.63) is 12.4 Å². The van der Waals surface area contributed by atoms with Gasteiger partial charge in [-0.05, 0) is 11.8 Å². The van der Waals surface area contributed by atoms with E-state index in [2.05, 4.69) is 20.9 Å². The molecule has 1 unspecified atom stereocenters. The number of nitrogens with one attached hydrogen (secondary N) is 2. The molecule has 8 heteroatoms. The minimum atomic E-state index is -0.924. The van der Waals surface area contributed by atoms with Crippen molar-refractivity contribution in [2.45, 2.75) is 46.2 Å². The molecule has 1 aromatic heterocycles. The maximum Gasteiger partial charge on any atom is 0.315 e. The van der Waals surface area contributed by atoms with Crippen LogP contribution in [0.5, 0.6) is 0 Å². The van der Waals surface area contributed by atoms with Crippen molar-refractivity contribution in [2.75, 3.05) is 6.54 Å².